The number of hydrogen-bond acceptors (Lipinski definition) is 8. The summed E-state index contributed by atoms with van der Waals surface area (Å²) in [5.41, 5.74) is 0.948. The van der Waals surface area contributed by atoms with Gasteiger partial charge in [-0.25, -0.2) is 4.39 Å². The van der Waals surface area contributed by atoms with Crippen molar-refractivity contribution in [2.75, 3.05) is 51.9 Å². The van der Waals surface area contributed by atoms with E-state index in [0.29, 0.717) is 42.0 Å². The Labute approximate surface area is 230 Å². The summed E-state index contributed by atoms with van der Waals surface area (Å²) in [5, 5.41) is 2.07. The van der Waals surface area contributed by atoms with E-state index < -0.39 is 22.9 Å². The van der Waals surface area contributed by atoms with Gasteiger partial charge in [0.05, 0.1) is 29.7 Å². The Balaban J connectivity index is 1.42. The minimum absolute atomic E-state index is 0.158. The fourth-order valence-electron chi connectivity index (χ4n) is 3.67. The second-order valence-electron chi connectivity index (χ2n) is 8.14. The largest absolute Gasteiger partial charge is 0.493 e. The van der Waals surface area contributed by atoms with Crippen LogP contribution < -0.4 is 14.8 Å². The number of imide groups is 1. The SMILES string of the molecule is COc1cc(/C=C2/SC(=O)N(CC(=O)N3CCOCC3)C2=O)cc(Br)c1OCC(=O)Nc1ccc(F)cc1. The first-order valence-electron chi connectivity index (χ1n) is 11.4. The van der Waals surface area contributed by atoms with Crippen molar-refractivity contribution in [2.45, 2.75) is 0 Å². The van der Waals surface area contributed by atoms with Gasteiger partial charge in [0.2, 0.25) is 5.91 Å². The quantitative estimate of drug-likeness (QED) is 0.453. The van der Waals surface area contributed by atoms with Crippen molar-refractivity contribution in [3.05, 3.63) is 57.2 Å². The molecule has 0 aliphatic carbocycles. The Kier molecular flexibility index (Phi) is 9.02. The zero-order chi connectivity index (χ0) is 27.2. The maximum absolute atomic E-state index is 13.0. The zero-order valence-electron chi connectivity index (χ0n) is 20.2. The number of nitrogens with one attached hydrogen (secondary N) is 1. The van der Waals surface area contributed by atoms with Crippen LogP contribution >= 0.6 is 27.7 Å². The lowest BCUT2D eigenvalue weighted by molar-refractivity contribution is -0.139. The molecule has 2 aliphatic heterocycles. The van der Waals surface area contributed by atoms with E-state index in [1.54, 1.807) is 17.0 Å². The van der Waals surface area contributed by atoms with Crippen molar-refractivity contribution < 1.29 is 37.8 Å². The number of anilines is 1. The minimum atomic E-state index is -0.561. The molecule has 0 radical (unpaired) electrons. The first-order valence-corrected chi connectivity index (χ1v) is 13.0. The molecule has 0 spiro atoms. The van der Waals surface area contributed by atoms with Crippen LogP contribution in [0.25, 0.3) is 6.08 Å². The molecule has 38 heavy (non-hydrogen) atoms. The summed E-state index contributed by atoms with van der Waals surface area (Å²) in [4.78, 5) is 52.8. The maximum atomic E-state index is 13.0. The number of hydrogen-bond donors (Lipinski definition) is 1. The molecule has 2 heterocycles. The molecular weight excluding hydrogens is 585 g/mol. The molecule has 0 saturated carbocycles. The number of ether oxygens (including phenoxy) is 3. The monoisotopic (exact) mass is 607 g/mol. The van der Waals surface area contributed by atoms with E-state index in [1.165, 1.54) is 37.5 Å². The number of carbonyl (C=O) groups is 4. The molecule has 2 aliphatic rings. The van der Waals surface area contributed by atoms with E-state index in [-0.39, 0.29) is 35.5 Å². The van der Waals surface area contributed by atoms with Crippen molar-refractivity contribution in [3.63, 3.8) is 0 Å². The highest BCUT2D eigenvalue weighted by molar-refractivity contribution is 9.10. The predicted molar refractivity (Wildman–Crippen MR) is 141 cm³/mol. The van der Waals surface area contributed by atoms with E-state index >= 15 is 0 Å². The first kappa shape index (κ1) is 27.6. The van der Waals surface area contributed by atoms with Crippen LogP contribution in [0.2, 0.25) is 0 Å². The lowest BCUT2D eigenvalue weighted by Crippen LogP contribution is -2.46. The van der Waals surface area contributed by atoms with E-state index in [0.717, 1.165) is 16.7 Å². The number of benzene rings is 2. The lowest BCUT2D eigenvalue weighted by Gasteiger charge is -2.28. The molecule has 0 atom stereocenters. The maximum Gasteiger partial charge on any atom is 0.294 e. The molecule has 2 fully saturated rings. The average Bonchev–Trinajstić information content (AvgIpc) is 3.16. The highest BCUT2D eigenvalue weighted by Crippen LogP contribution is 2.39. The molecule has 4 amide bonds. The number of carbonyl (C=O) groups excluding carboxylic acids is 4. The van der Waals surface area contributed by atoms with Gasteiger partial charge in [0.25, 0.3) is 17.1 Å². The summed E-state index contributed by atoms with van der Waals surface area (Å²) in [6.45, 7) is 0.997. The Morgan fingerprint density at radius 1 is 1.18 bits per heavy atom. The van der Waals surface area contributed by atoms with Gasteiger partial charge in [-0.05, 0) is 75.7 Å². The van der Waals surface area contributed by atoms with Crippen LogP contribution in [0.1, 0.15) is 5.56 Å². The van der Waals surface area contributed by atoms with Crippen molar-refractivity contribution in [2.24, 2.45) is 0 Å². The molecule has 2 aromatic carbocycles. The topological polar surface area (TPSA) is 114 Å². The van der Waals surface area contributed by atoms with E-state index in [4.69, 9.17) is 14.2 Å². The third-order valence-electron chi connectivity index (χ3n) is 5.56. The van der Waals surface area contributed by atoms with Gasteiger partial charge >= 0.3 is 0 Å². The van der Waals surface area contributed by atoms with Crippen molar-refractivity contribution >= 4 is 62.4 Å². The number of thioether (sulfide) groups is 1. The molecule has 2 aromatic rings. The number of nitrogens with zero attached hydrogens (tertiary/aromatic N) is 2. The summed E-state index contributed by atoms with van der Waals surface area (Å²) in [6.07, 6.45) is 1.52. The van der Waals surface area contributed by atoms with Crippen LogP contribution in [-0.2, 0) is 19.1 Å². The lowest BCUT2D eigenvalue weighted by atomic mass is 10.2. The number of methoxy groups -OCH3 is 1. The van der Waals surface area contributed by atoms with Crippen LogP contribution in [0.3, 0.4) is 0 Å². The number of morpholine rings is 1. The number of rotatable bonds is 8. The average molecular weight is 608 g/mol. The second kappa shape index (κ2) is 12.4. The summed E-state index contributed by atoms with van der Waals surface area (Å²) < 4.78 is 29.7. The van der Waals surface area contributed by atoms with Crippen LogP contribution in [0.5, 0.6) is 11.5 Å². The molecule has 0 bridgehead atoms. The van der Waals surface area contributed by atoms with Gasteiger partial charge in [0, 0.05) is 18.8 Å². The zero-order valence-corrected chi connectivity index (χ0v) is 22.6. The molecule has 10 nitrogen and oxygen atoms in total. The fraction of sp³-hybridized carbons (Fsp3) is 0.280. The van der Waals surface area contributed by atoms with Gasteiger partial charge < -0.3 is 24.4 Å². The van der Waals surface area contributed by atoms with Gasteiger partial charge in [-0.1, -0.05) is 0 Å². The molecular formula is C25H23BrFN3O7S. The summed E-state index contributed by atoms with van der Waals surface area (Å²) in [5.74, 6) is -1.22. The number of halogens is 2. The van der Waals surface area contributed by atoms with Crippen molar-refractivity contribution in [1.82, 2.24) is 9.80 Å². The molecule has 4 rings (SSSR count). The molecule has 1 N–H and O–H groups in total. The predicted octanol–water partition coefficient (Wildman–Crippen LogP) is 3.51. The molecule has 200 valence electrons. The van der Waals surface area contributed by atoms with Crippen LogP contribution in [0, 0.1) is 5.82 Å². The van der Waals surface area contributed by atoms with Gasteiger partial charge in [-0.15, -0.1) is 0 Å². The van der Waals surface area contributed by atoms with Gasteiger partial charge in [0.1, 0.15) is 12.4 Å². The smallest absolute Gasteiger partial charge is 0.294 e. The van der Waals surface area contributed by atoms with E-state index in [1.807, 2.05) is 0 Å². The van der Waals surface area contributed by atoms with E-state index in [2.05, 4.69) is 21.2 Å². The molecule has 0 unspecified atom stereocenters. The minimum Gasteiger partial charge on any atom is -0.493 e. The Morgan fingerprint density at radius 2 is 1.89 bits per heavy atom. The summed E-state index contributed by atoms with van der Waals surface area (Å²) in [7, 11) is 1.42. The van der Waals surface area contributed by atoms with Crippen LogP contribution in [0.4, 0.5) is 14.9 Å². The molecule has 2 saturated heterocycles. The number of amides is 4. The normalized spacial score (nSPS) is 16.7. The Hall–Kier alpha value is -3.42. The first-order chi connectivity index (χ1) is 18.2. The van der Waals surface area contributed by atoms with Crippen molar-refractivity contribution in [1.29, 1.82) is 0 Å². The Bertz CT molecular complexity index is 1280. The third kappa shape index (κ3) is 6.71. The second-order valence-corrected chi connectivity index (χ2v) is 9.99. The van der Waals surface area contributed by atoms with Crippen molar-refractivity contribution in [3.8, 4) is 11.5 Å². The highest BCUT2D eigenvalue weighted by atomic mass is 79.9. The van der Waals surface area contributed by atoms with Crippen LogP contribution in [-0.4, -0.2) is 79.3 Å². The summed E-state index contributed by atoms with van der Waals surface area (Å²) >= 11 is 4.14. The van der Waals surface area contributed by atoms with E-state index in [9.17, 15) is 23.6 Å². The standard InChI is InChI=1S/C25H23BrFN3O7S/c1-35-19-11-15(10-18(26)23(19)37-14-21(31)28-17-4-2-16(27)3-5-17)12-20-24(33)30(25(34)38-20)13-22(32)29-6-8-36-9-7-29/h2-5,10-12H,6-9,13-14H2,1H3,(H,28,31)/b20-12+. The van der Waals surface area contributed by atoms with Gasteiger partial charge in [0.15, 0.2) is 18.1 Å². The van der Waals surface area contributed by atoms with Gasteiger partial charge in [-0.3, -0.25) is 24.1 Å². The third-order valence-corrected chi connectivity index (χ3v) is 7.05. The molecule has 0 aromatic heterocycles. The molecule has 13 heteroatoms. The van der Waals surface area contributed by atoms with Crippen LogP contribution in [0.15, 0.2) is 45.8 Å². The van der Waals surface area contributed by atoms with Gasteiger partial charge in [-0.2, -0.15) is 0 Å². The highest BCUT2D eigenvalue weighted by Gasteiger charge is 2.37. The summed E-state index contributed by atoms with van der Waals surface area (Å²) in [6, 6.07) is 8.54. The fourth-order valence-corrected chi connectivity index (χ4v) is 5.08. The Morgan fingerprint density at radius 3 is 2.58 bits per heavy atom.